The molecule has 0 radical (unpaired) electrons. The van der Waals surface area contributed by atoms with Crippen molar-refractivity contribution in [2.45, 2.75) is 13.2 Å². The van der Waals surface area contributed by atoms with Crippen molar-refractivity contribution in [3.8, 4) is 5.75 Å². The predicted molar refractivity (Wildman–Crippen MR) is 75.7 cm³/mol. The number of rotatable bonds is 5. The molecule has 0 aliphatic carbocycles. The molecule has 100 valence electrons. The van der Waals surface area contributed by atoms with E-state index in [9.17, 15) is 0 Å². The van der Waals surface area contributed by atoms with Crippen molar-refractivity contribution in [2.24, 2.45) is 0 Å². The van der Waals surface area contributed by atoms with Crippen molar-refractivity contribution in [1.82, 2.24) is 4.98 Å². The van der Waals surface area contributed by atoms with Gasteiger partial charge in [0, 0.05) is 0 Å². The molecule has 0 N–H and O–H groups in total. The molecule has 0 fully saturated rings. The molecule has 0 aliphatic heterocycles. The monoisotopic (exact) mass is 297 g/mol. The quantitative estimate of drug-likeness (QED) is 0.778. The van der Waals surface area contributed by atoms with Crippen LogP contribution in [0.3, 0.4) is 0 Å². The topological polar surface area (TPSA) is 31.4 Å². The Labute approximate surface area is 122 Å². The molecule has 5 heteroatoms. The number of ether oxygens (including phenoxy) is 2. The van der Waals surface area contributed by atoms with Gasteiger partial charge in [-0.1, -0.05) is 35.3 Å². The second kappa shape index (κ2) is 6.75. The first kappa shape index (κ1) is 14.1. The molecule has 0 aliphatic rings. The van der Waals surface area contributed by atoms with Crippen LogP contribution < -0.4 is 4.74 Å². The summed E-state index contributed by atoms with van der Waals surface area (Å²) in [4.78, 5) is 4.12. The molecular weight excluding hydrogens is 285 g/mol. The van der Waals surface area contributed by atoms with Crippen LogP contribution in [0.5, 0.6) is 5.75 Å². The lowest BCUT2D eigenvalue weighted by molar-refractivity contribution is 0.104. The number of hydrogen-bond donors (Lipinski definition) is 0. The van der Waals surface area contributed by atoms with Gasteiger partial charge in [0.2, 0.25) is 0 Å². The van der Waals surface area contributed by atoms with Crippen molar-refractivity contribution in [3.63, 3.8) is 0 Å². The molecule has 1 heterocycles. The molecule has 1 aromatic carbocycles. The third kappa shape index (κ3) is 4.10. The van der Waals surface area contributed by atoms with Gasteiger partial charge in [0.25, 0.3) is 0 Å². The highest BCUT2D eigenvalue weighted by Gasteiger charge is 2.03. The minimum Gasteiger partial charge on any atom is -0.497 e. The van der Waals surface area contributed by atoms with Crippen LogP contribution in [0.25, 0.3) is 0 Å². The number of benzene rings is 1. The standard InChI is InChI=1S/C14H13Cl2NO2/c1-18-11-4-2-10(3-5-11)8-19-9-13-12(15)6-7-14(16)17-13/h2-7H,8-9H2,1H3. The van der Waals surface area contributed by atoms with Gasteiger partial charge in [0.05, 0.1) is 31.0 Å². The molecule has 0 atom stereocenters. The first-order chi connectivity index (χ1) is 9.19. The van der Waals surface area contributed by atoms with Crippen molar-refractivity contribution < 1.29 is 9.47 Å². The first-order valence-corrected chi connectivity index (χ1v) is 6.46. The number of pyridine rings is 1. The highest BCUT2D eigenvalue weighted by atomic mass is 35.5. The molecule has 3 nitrogen and oxygen atoms in total. The van der Waals surface area contributed by atoms with Gasteiger partial charge >= 0.3 is 0 Å². The number of hydrogen-bond acceptors (Lipinski definition) is 3. The Morgan fingerprint density at radius 3 is 2.42 bits per heavy atom. The Balaban J connectivity index is 1.90. The van der Waals surface area contributed by atoms with Gasteiger partial charge < -0.3 is 9.47 Å². The fourth-order valence-electron chi connectivity index (χ4n) is 1.55. The summed E-state index contributed by atoms with van der Waals surface area (Å²) in [5.74, 6) is 0.823. The Kier molecular flexibility index (Phi) is 5.02. The number of nitrogens with zero attached hydrogens (tertiary/aromatic N) is 1. The molecule has 1 aromatic heterocycles. The van der Waals surface area contributed by atoms with Crippen LogP contribution in [-0.4, -0.2) is 12.1 Å². The molecule has 2 rings (SSSR count). The Hall–Kier alpha value is -1.29. The van der Waals surface area contributed by atoms with Crippen LogP contribution in [0.15, 0.2) is 36.4 Å². The Morgan fingerprint density at radius 2 is 1.74 bits per heavy atom. The molecule has 2 aromatic rings. The van der Waals surface area contributed by atoms with Gasteiger partial charge in [0.1, 0.15) is 10.9 Å². The van der Waals surface area contributed by atoms with Gasteiger partial charge in [-0.05, 0) is 29.8 Å². The second-order valence-electron chi connectivity index (χ2n) is 3.90. The SMILES string of the molecule is COc1ccc(COCc2nc(Cl)ccc2Cl)cc1. The lowest BCUT2D eigenvalue weighted by Gasteiger charge is -2.07. The minimum atomic E-state index is 0.325. The third-order valence-electron chi connectivity index (χ3n) is 2.55. The van der Waals surface area contributed by atoms with Gasteiger partial charge in [-0.3, -0.25) is 0 Å². The van der Waals surface area contributed by atoms with Gasteiger partial charge in [-0.25, -0.2) is 4.98 Å². The van der Waals surface area contributed by atoms with E-state index in [-0.39, 0.29) is 0 Å². The normalized spacial score (nSPS) is 10.5. The molecular formula is C14H13Cl2NO2. The zero-order valence-corrected chi connectivity index (χ0v) is 11.9. The van der Waals surface area contributed by atoms with Crippen molar-refractivity contribution >= 4 is 23.2 Å². The smallest absolute Gasteiger partial charge is 0.129 e. The average Bonchev–Trinajstić information content (AvgIpc) is 2.43. The summed E-state index contributed by atoms with van der Waals surface area (Å²) >= 11 is 11.8. The van der Waals surface area contributed by atoms with E-state index in [4.69, 9.17) is 32.7 Å². The largest absolute Gasteiger partial charge is 0.497 e. The van der Waals surface area contributed by atoms with Crippen LogP contribution in [0.2, 0.25) is 10.2 Å². The van der Waals surface area contributed by atoms with E-state index < -0.39 is 0 Å². The summed E-state index contributed by atoms with van der Waals surface area (Å²) < 4.78 is 10.7. The molecule has 19 heavy (non-hydrogen) atoms. The second-order valence-corrected chi connectivity index (χ2v) is 4.70. The van der Waals surface area contributed by atoms with E-state index in [1.165, 1.54) is 0 Å². The summed E-state index contributed by atoms with van der Waals surface area (Å²) in [5, 5.41) is 0.964. The number of aromatic nitrogens is 1. The van der Waals surface area contributed by atoms with Crippen LogP contribution in [0, 0.1) is 0 Å². The molecule has 0 unspecified atom stereocenters. The van der Waals surface area contributed by atoms with Gasteiger partial charge in [0.15, 0.2) is 0 Å². The van der Waals surface area contributed by atoms with Crippen molar-refractivity contribution in [2.75, 3.05) is 7.11 Å². The fraction of sp³-hybridized carbons (Fsp3) is 0.214. The maximum absolute atomic E-state index is 6.00. The first-order valence-electron chi connectivity index (χ1n) is 5.70. The highest BCUT2D eigenvalue weighted by Crippen LogP contribution is 2.18. The Morgan fingerprint density at radius 1 is 1.00 bits per heavy atom. The number of halogens is 2. The number of methoxy groups -OCH3 is 1. The summed E-state index contributed by atoms with van der Waals surface area (Å²) in [5.41, 5.74) is 1.70. The molecule has 0 saturated carbocycles. The maximum atomic E-state index is 6.00. The van der Waals surface area contributed by atoms with Gasteiger partial charge in [-0.15, -0.1) is 0 Å². The maximum Gasteiger partial charge on any atom is 0.129 e. The minimum absolute atomic E-state index is 0.325. The lowest BCUT2D eigenvalue weighted by Crippen LogP contribution is -1.98. The van der Waals surface area contributed by atoms with Crippen LogP contribution >= 0.6 is 23.2 Å². The molecule has 0 amide bonds. The van der Waals surface area contributed by atoms with E-state index in [2.05, 4.69) is 4.98 Å². The van der Waals surface area contributed by atoms with Crippen LogP contribution in [-0.2, 0) is 18.0 Å². The summed E-state index contributed by atoms with van der Waals surface area (Å²) in [6, 6.07) is 11.0. The molecule has 0 bridgehead atoms. The highest BCUT2D eigenvalue weighted by molar-refractivity contribution is 6.32. The summed E-state index contributed by atoms with van der Waals surface area (Å²) in [6.07, 6.45) is 0. The lowest BCUT2D eigenvalue weighted by atomic mass is 10.2. The summed E-state index contributed by atoms with van der Waals surface area (Å²) in [7, 11) is 1.64. The summed E-state index contributed by atoms with van der Waals surface area (Å²) in [6.45, 7) is 0.805. The van der Waals surface area contributed by atoms with E-state index in [0.29, 0.717) is 29.1 Å². The molecule has 0 spiro atoms. The average molecular weight is 298 g/mol. The molecule has 0 saturated heterocycles. The zero-order valence-electron chi connectivity index (χ0n) is 10.4. The zero-order chi connectivity index (χ0) is 13.7. The van der Waals surface area contributed by atoms with Crippen molar-refractivity contribution in [3.05, 3.63) is 57.8 Å². The van der Waals surface area contributed by atoms with E-state index >= 15 is 0 Å². The van der Waals surface area contributed by atoms with E-state index in [1.54, 1.807) is 19.2 Å². The fourth-order valence-corrected chi connectivity index (χ4v) is 1.87. The third-order valence-corrected chi connectivity index (χ3v) is 3.11. The Bertz CT molecular complexity index is 544. The van der Waals surface area contributed by atoms with Crippen LogP contribution in [0.4, 0.5) is 0 Å². The van der Waals surface area contributed by atoms with Gasteiger partial charge in [-0.2, -0.15) is 0 Å². The van der Waals surface area contributed by atoms with Crippen molar-refractivity contribution in [1.29, 1.82) is 0 Å². The predicted octanol–water partition coefficient (Wildman–Crippen LogP) is 4.11. The van der Waals surface area contributed by atoms with Crippen LogP contribution in [0.1, 0.15) is 11.3 Å². The van der Waals surface area contributed by atoms with E-state index in [1.807, 2.05) is 24.3 Å². The van der Waals surface area contributed by atoms with E-state index in [0.717, 1.165) is 11.3 Å².